The van der Waals surface area contributed by atoms with Crippen molar-refractivity contribution in [3.63, 3.8) is 0 Å². The summed E-state index contributed by atoms with van der Waals surface area (Å²) in [5.74, 6) is 0. The molecule has 0 unspecified atom stereocenters. The van der Waals surface area contributed by atoms with Gasteiger partial charge in [0.25, 0.3) is 0 Å². The maximum atomic E-state index is 4.15. The number of unbranched alkanes of at least 4 members (excludes halogenated alkanes) is 2. The molecule has 1 aromatic rings. The fourth-order valence-corrected chi connectivity index (χ4v) is 2.63. The Labute approximate surface area is 124 Å². The van der Waals surface area contributed by atoms with Gasteiger partial charge in [0.1, 0.15) is 0 Å². The van der Waals surface area contributed by atoms with Crippen molar-refractivity contribution in [2.24, 2.45) is 0 Å². The maximum absolute atomic E-state index is 4.15. The molecule has 0 heteroatoms. The van der Waals surface area contributed by atoms with Gasteiger partial charge in [0.05, 0.1) is 0 Å². The fraction of sp³-hybridized carbons (Fsp3) is 0.400. The Balaban J connectivity index is 3.25. The van der Waals surface area contributed by atoms with Crippen LogP contribution in [-0.4, -0.2) is 0 Å². The van der Waals surface area contributed by atoms with Crippen molar-refractivity contribution in [3.8, 4) is 0 Å². The Morgan fingerprint density at radius 3 is 2.55 bits per heavy atom. The van der Waals surface area contributed by atoms with Crippen LogP contribution in [0.25, 0.3) is 11.1 Å². The van der Waals surface area contributed by atoms with Gasteiger partial charge in [-0.05, 0) is 55.4 Å². The van der Waals surface area contributed by atoms with Crippen molar-refractivity contribution in [3.05, 3.63) is 60.2 Å². The lowest BCUT2D eigenvalue weighted by Crippen LogP contribution is -1.99. The molecule has 0 aromatic heterocycles. The molecule has 0 saturated carbocycles. The first kappa shape index (κ1) is 16.5. The molecule has 20 heavy (non-hydrogen) atoms. The smallest absolute Gasteiger partial charge is 0.00971 e. The van der Waals surface area contributed by atoms with Gasteiger partial charge >= 0.3 is 0 Å². The molecular weight excluding hydrogens is 240 g/mol. The van der Waals surface area contributed by atoms with Crippen molar-refractivity contribution in [2.75, 3.05) is 0 Å². The SMILES string of the molecule is C=CC/C(=C/C)c1c(CCCCC)cccc1C(=C)C. The summed E-state index contributed by atoms with van der Waals surface area (Å²) in [5.41, 5.74) is 6.63. The van der Waals surface area contributed by atoms with Crippen molar-refractivity contribution < 1.29 is 0 Å². The topological polar surface area (TPSA) is 0 Å². The summed E-state index contributed by atoms with van der Waals surface area (Å²) in [5, 5.41) is 0. The van der Waals surface area contributed by atoms with Gasteiger partial charge < -0.3 is 0 Å². The molecule has 0 amide bonds. The predicted octanol–water partition coefficient (Wildman–Crippen LogP) is 6.43. The number of benzene rings is 1. The second-order valence-corrected chi connectivity index (χ2v) is 5.38. The van der Waals surface area contributed by atoms with Crippen LogP contribution in [0.5, 0.6) is 0 Å². The van der Waals surface area contributed by atoms with Gasteiger partial charge in [-0.15, -0.1) is 6.58 Å². The van der Waals surface area contributed by atoms with Crippen LogP contribution in [0, 0.1) is 0 Å². The molecule has 0 aliphatic heterocycles. The summed E-state index contributed by atoms with van der Waals surface area (Å²) < 4.78 is 0. The Morgan fingerprint density at radius 1 is 1.25 bits per heavy atom. The highest BCUT2D eigenvalue weighted by molar-refractivity contribution is 5.80. The first-order valence-electron chi connectivity index (χ1n) is 7.69. The van der Waals surface area contributed by atoms with Gasteiger partial charge in [-0.2, -0.15) is 0 Å². The second-order valence-electron chi connectivity index (χ2n) is 5.38. The number of allylic oxidation sites excluding steroid dienone is 4. The van der Waals surface area contributed by atoms with Crippen molar-refractivity contribution >= 4 is 11.1 Å². The lowest BCUT2D eigenvalue weighted by Gasteiger charge is -2.17. The average molecular weight is 268 g/mol. The van der Waals surface area contributed by atoms with E-state index in [1.165, 1.54) is 41.5 Å². The van der Waals surface area contributed by atoms with Gasteiger partial charge in [-0.3, -0.25) is 0 Å². The van der Waals surface area contributed by atoms with Gasteiger partial charge in [-0.25, -0.2) is 0 Å². The largest absolute Gasteiger partial charge is 0.103 e. The molecule has 0 fully saturated rings. The Bertz CT molecular complexity index is 489. The van der Waals surface area contributed by atoms with Gasteiger partial charge in [-0.1, -0.05) is 62.3 Å². The molecule has 0 aliphatic rings. The van der Waals surface area contributed by atoms with E-state index in [1.54, 1.807) is 0 Å². The Morgan fingerprint density at radius 2 is 2.00 bits per heavy atom. The number of hydrogen-bond acceptors (Lipinski definition) is 0. The third kappa shape index (κ3) is 4.23. The minimum absolute atomic E-state index is 0.918. The standard InChI is InChI=1S/C20H28/c1-6-9-10-13-18-14-11-15-19(16(4)5)20(18)17(8-3)12-7-2/h7-8,11,14-15H,2,4,6,9-10,12-13H2,1,3,5H3/b17-8-. The van der Waals surface area contributed by atoms with E-state index in [4.69, 9.17) is 0 Å². The Kier molecular flexibility index (Phi) is 7.08. The van der Waals surface area contributed by atoms with E-state index in [0.29, 0.717) is 0 Å². The summed E-state index contributed by atoms with van der Waals surface area (Å²) in [4.78, 5) is 0. The monoisotopic (exact) mass is 268 g/mol. The molecule has 0 saturated heterocycles. The lowest BCUT2D eigenvalue weighted by atomic mass is 9.87. The van der Waals surface area contributed by atoms with E-state index in [1.807, 2.05) is 6.08 Å². The minimum atomic E-state index is 0.918. The van der Waals surface area contributed by atoms with E-state index in [0.717, 1.165) is 18.4 Å². The molecule has 1 rings (SSSR count). The van der Waals surface area contributed by atoms with Crippen LogP contribution in [0.4, 0.5) is 0 Å². The highest BCUT2D eigenvalue weighted by Crippen LogP contribution is 2.31. The molecular formula is C20H28. The molecule has 0 bridgehead atoms. The van der Waals surface area contributed by atoms with Crippen molar-refractivity contribution in [2.45, 2.75) is 52.9 Å². The van der Waals surface area contributed by atoms with E-state index in [-0.39, 0.29) is 0 Å². The predicted molar refractivity (Wildman–Crippen MR) is 92.8 cm³/mol. The molecule has 108 valence electrons. The Hall–Kier alpha value is -1.56. The fourth-order valence-electron chi connectivity index (χ4n) is 2.63. The normalized spacial score (nSPS) is 11.4. The van der Waals surface area contributed by atoms with E-state index >= 15 is 0 Å². The summed E-state index contributed by atoms with van der Waals surface area (Å²) in [6.07, 6.45) is 10.1. The summed E-state index contributed by atoms with van der Waals surface area (Å²) in [6.45, 7) is 14.5. The van der Waals surface area contributed by atoms with E-state index < -0.39 is 0 Å². The maximum Gasteiger partial charge on any atom is -0.00971 e. The minimum Gasteiger partial charge on any atom is -0.103 e. The molecule has 0 nitrogen and oxygen atoms in total. The molecule has 0 atom stereocenters. The van der Waals surface area contributed by atoms with E-state index in [9.17, 15) is 0 Å². The first-order valence-corrected chi connectivity index (χ1v) is 7.69. The van der Waals surface area contributed by atoms with Crippen LogP contribution >= 0.6 is 0 Å². The lowest BCUT2D eigenvalue weighted by molar-refractivity contribution is 0.716. The number of aryl methyl sites for hydroxylation is 1. The highest BCUT2D eigenvalue weighted by Gasteiger charge is 2.12. The van der Waals surface area contributed by atoms with Gasteiger partial charge in [0, 0.05) is 0 Å². The van der Waals surface area contributed by atoms with Gasteiger partial charge in [0.15, 0.2) is 0 Å². The molecule has 0 radical (unpaired) electrons. The number of rotatable bonds is 8. The molecule has 0 heterocycles. The zero-order valence-electron chi connectivity index (χ0n) is 13.3. The van der Waals surface area contributed by atoms with Crippen LogP contribution in [0.3, 0.4) is 0 Å². The van der Waals surface area contributed by atoms with Crippen LogP contribution in [0.15, 0.2) is 43.5 Å². The van der Waals surface area contributed by atoms with Crippen molar-refractivity contribution in [1.82, 2.24) is 0 Å². The van der Waals surface area contributed by atoms with E-state index in [2.05, 4.69) is 58.2 Å². The highest BCUT2D eigenvalue weighted by atomic mass is 14.2. The summed E-state index contributed by atoms with van der Waals surface area (Å²) in [7, 11) is 0. The molecule has 0 aliphatic carbocycles. The summed E-state index contributed by atoms with van der Waals surface area (Å²) >= 11 is 0. The molecule has 1 aromatic carbocycles. The molecule has 0 N–H and O–H groups in total. The van der Waals surface area contributed by atoms with Crippen LogP contribution in [-0.2, 0) is 6.42 Å². The third-order valence-corrected chi connectivity index (χ3v) is 3.69. The third-order valence-electron chi connectivity index (χ3n) is 3.69. The average Bonchev–Trinajstić information content (AvgIpc) is 2.45. The summed E-state index contributed by atoms with van der Waals surface area (Å²) in [6, 6.07) is 6.62. The molecule has 0 spiro atoms. The first-order chi connectivity index (χ1) is 9.65. The van der Waals surface area contributed by atoms with Gasteiger partial charge in [0.2, 0.25) is 0 Å². The van der Waals surface area contributed by atoms with Crippen LogP contribution < -0.4 is 0 Å². The number of hydrogen-bond donors (Lipinski definition) is 0. The van der Waals surface area contributed by atoms with Crippen molar-refractivity contribution in [1.29, 1.82) is 0 Å². The quantitative estimate of drug-likeness (QED) is 0.376. The van der Waals surface area contributed by atoms with Crippen LogP contribution in [0.1, 0.15) is 63.1 Å². The second kappa shape index (κ2) is 8.58. The zero-order chi connectivity index (χ0) is 15.0. The van der Waals surface area contributed by atoms with Crippen LogP contribution in [0.2, 0.25) is 0 Å². The zero-order valence-corrected chi connectivity index (χ0v) is 13.3.